The third-order valence-electron chi connectivity index (χ3n) is 5.66. The molecule has 1 atom stereocenters. The minimum atomic E-state index is -3.76. The lowest BCUT2D eigenvalue weighted by atomic mass is 10.1. The molecular formula is C27H39N3O4S. The molecule has 2 aromatic rings. The van der Waals surface area contributed by atoms with Crippen LogP contribution < -0.4 is 9.62 Å². The summed E-state index contributed by atoms with van der Waals surface area (Å²) in [6.07, 6.45) is 1.48. The average Bonchev–Trinajstić information content (AvgIpc) is 2.71. The maximum Gasteiger partial charge on any atom is 0.244 e. The third-order valence-corrected chi connectivity index (χ3v) is 6.78. The van der Waals surface area contributed by atoms with Gasteiger partial charge in [-0.1, -0.05) is 54.4 Å². The first kappa shape index (κ1) is 28.4. The maximum absolute atomic E-state index is 13.7. The predicted octanol–water partition coefficient (Wildman–Crippen LogP) is 4.10. The number of rotatable bonds is 9. The molecule has 35 heavy (non-hydrogen) atoms. The maximum atomic E-state index is 13.7. The Kier molecular flexibility index (Phi) is 9.11. The van der Waals surface area contributed by atoms with E-state index in [1.165, 1.54) is 4.90 Å². The van der Waals surface area contributed by atoms with Crippen LogP contribution in [0.2, 0.25) is 0 Å². The first-order chi connectivity index (χ1) is 16.1. The first-order valence-electron chi connectivity index (χ1n) is 11.8. The Hall–Kier alpha value is -2.87. The van der Waals surface area contributed by atoms with E-state index < -0.39 is 34.1 Å². The number of aryl methyl sites for hydroxylation is 3. The highest BCUT2D eigenvalue weighted by Crippen LogP contribution is 2.24. The molecule has 0 spiro atoms. The number of amides is 2. The van der Waals surface area contributed by atoms with E-state index in [1.54, 1.807) is 6.07 Å². The fraction of sp³-hybridized carbons (Fsp3) is 0.481. The fourth-order valence-electron chi connectivity index (χ4n) is 3.94. The van der Waals surface area contributed by atoms with E-state index in [4.69, 9.17) is 0 Å². The molecule has 8 heteroatoms. The van der Waals surface area contributed by atoms with Crippen LogP contribution in [0.15, 0.2) is 42.5 Å². The summed E-state index contributed by atoms with van der Waals surface area (Å²) in [7, 11) is -3.76. The molecule has 2 aromatic carbocycles. The Labute approximate surface area is 210 Å². The van der Waals surface area contributed by atoms with Crippen molar-refractivity contribution in [1.82, 2.24) is 10.2 Å². The van der Waals surface area contributed by atoms with Crippen molar-refractivity contribution in [3.8, 4) is 0 Å². The molecule has 0 radical (unpaired) electrons. The van der Waals surface area contributed by atoms with Crippen LogP contribution >= 0.6 is 0 Å². The van der Waals surface area contributed by atoms with Crippen molar-refractivity contribution in [3.05, 3.63) is 64.7 Å². The van der Waals surface area contributed by atoms with Gasteiger partial charge in [0.1, 0.15) is 12.6 Å². The lowest BCUT2D eigenvalue weighted by Crippen LogP contribution is -2.55. The van der Waals surface area contributed by atoms with Crippen LogP contribution in [0, 0.1) is 20.8 Å². The van der Waals surface area contributed by atoms with E-state index in [1.807, 2.05) is 84.9 Å². The highest BCUT2D eigenvalue weighted by atomic mass is 32.2. The van der Waals surface area contributed by atoms with E-state index in [-0.39, 0.29) is 12.5 Å². The van der Waals surface area contributed by atoms with Gasteiger partial charge in [-0.2, -0.15) is 0 Å². The van der Waals surface area contributed by atoms with Gasteiger partial charge in [-0.25, -0.2) is 8.42 Å². The number of anilines is 1. The number of carbonyl (C=O) groups excluding carboxylic acids is 2. The summed E-state index contributed by atoms with van der Waals surface area (Å²) in [5, 5.41) is 2.97. The molecule has 0 bridgehead atoms. The SMILES string of the molecule is CC[C@H](C(=O)NC(C)(C)C)N(Cc1ccc(C)cc1)C(=O)CN(c1ccc(C)cc1C)S(C)(=O)=O. The number of hydrogen-bond donors (Lipinski definition) is 1. The van der Waals surface area contributed by atoms with Crippen molar-refractivity contribution in [1.29, 1.82) is 0 Å². The Morgan fingerprint density at radius 2 is 1.54 bits per heavy atom. The summed E-state index contributed by atoms with van der Waals surface area (Å²) in [6.45, 7) is 13.0. The molecule has 192 valence electrons. The number of sulfonamides is 1. The Morgan fingerprint density at radius 1 is 0.971 bits per heavy atom. The van der Waals surface area contributed by atoms with Crippen LogP contribution in [-0.4, -0.2) is 49.5 Å². The predicted molar refractivity (Wildman–Crippen MR) is 142 cm³/mol. The molecular weight excluding hydrogens is 462 g/mol. The van der Waals surface area contributed by atoms with Crippen molar-refractivity contribution in [2.75, 3.05) is 17.1 Å². The standard InChI is InChI=1S/C27H39N3O4S/c1-9-23(26(32)28-27(5,6)7)29(17-22-13-10-19(2)11-14-22)25(31)18-30(35(8,33)34)24-15-12-20(3)16-21(24)4/h10-16,23H,9,17-18H2,1-8H3,(H,28,32)/t23-/m1/s1. The fourth-order valence-corrected chi connectivity index (χ4v) is 4.85. The van der Waals surface area contributed by atoms with Crippen LogP contribution in [0.1, 0.15) is 56.4 Å². The minimum Gasteiger partial charge on any atom is -0.350 e. The second kappa shape index (κ2) is 11.2. The van der Waals surface area contributed by atoms with E-state index in [9.17, 15) is 18.0 Å². The van der Waals surface area contributed by atoms with Gasteiger partial charge in [-0.3, -0.25) is 13.9 Å². The van der Waals surface area contributed by atoms with Gasteiger partial charge in [0, 0.05) is 12.1 Å². The second-order valence-electron chi connectivity index (χ2n) is 10.2. The topological polar surface area (TPSA) is 86.8 Å². The Balaban J connectivity index is 2.48. The monoisotopic (exact) mass is 501 g/mol. The minimum absolute atomic E-state index is 0.194. The largest absolute Gasteiger partial charge is 0.350 e. The average molecular weight is 502 g/mol. The smallest absolute Gasteiger partial charge is 0.244 e. The zero-order chi connectivity index (χ0) is 26.6. The summed E-state index contributed by atoms with van der Waals surface area (Å²) in [5.74, 6) is -0.704. The second-order valence-corrected chi connectivity index (χ2v) is 12.1. The molecule has 0 heterocycles. The van der Waals surface area contributed by atoms with Crippen molar-refractivity contribution in [2.45, 2.75) is 73.0 Å². The summed E-state index contributed by atoms with van der Waals surface area (Å²) in [4.78, 5) is 28.4. The van der Waals surface area contributed by atoms with Gasteiger partial charge in [-0.15, -0.1) is 0 Å². The lowest BCUT2D eigenvalue weighted by molar-refractivity contribution is -0.141. The zero-order valence-electron chi connectivity index (χ0n) is 22.2. The van der Waals surface area contributed by atoms with Gasteiger partial charge in [-0.05, 0) is 65.2 Å². The van der Waals surface area contributed by atoms with Crippen molar-refractivity contribution >= 4 is 27.5 Å². The van der Waals surface area contributed by atoms with Crippen LogP contribution in [0.4, 0.5) is 5.69 Å². The molecule has 2 amide bonds. The van der Waals surface area contributed by atoms with Gasteiger partial charge in [0.2, 0.25) is 21.8 Å². The number of hydrogen-bond acceptors (Lipinski definition) is 4. The quantitative estimate of drug-likeness (QED) is 0.560. The molecule has 2 rings (SSSR count). The van der Waals surface area contributed by atoms with E-state index >= 15 is 0 Å². The van der Waals surface area contributed by atoms with Crippen LogP contribution in [-0.2, 0) is 26.2 Å². The van der Waals surface area contributed by atoms with Crippen molar-refractivity contribution in [3.63, 3.8) is 0 Å². The van der Waals surface area contributed by atoms with E-state index in [0.29, 0.717) is 12.1 Å². The van der Waals surface area contributed by atoms with Crippen molar-refractivity contribution < 1.29 is 18.0 Å². The number of nitrogens with one attached hydrogen (secondary N) is 1. The number of benzene rings is 2. The Morgan fingerprint density at radius 3 is 2.03 bits per heavy atom. The summed E-state index contributed by atoms with van der Waals surface area (Å²) < 4.78 is 26.6. The summed E-state index contributed by atoms with van der Waals surface area (Å²) in [5.41, 5.74) is 3.68. The molecule has 7 nitrogen and oxygen atoms in total. The molecule has 0 aromatic heterocycles. The summed E-state index contributed by atoms with van der Waals surface area (Å²) in [6, 6.07) is 12.4. The lowest BCUT2D eigenvalue weighted by Gasteiger charge is -2.34. The number of carbonyl (C=O) groups is 2. The van der Waals surface area contributed by atoms with Crippen molar-refractivity contribution in [2.24, 2.45) is 0 Å². The van der Waals surface area contributed by atoms with Gasteiger partial charge >= 0.3 is 0 Å². The van der Waals surface area contributed by atoms with Gasteiger partial charge < -0.3 is 10.2 Å². The van der Waals surface area contributed by atoms with Gasteiger partial charge in [0.05, 0.1) is 11.9 Å². The van der Waals surface area contributed by atoms with Crippen LogP contribution in [0.5, 0.6) is 0 Å². The highest BCUT2D eigenvalue weighted by Gasteiger charge is 2.33. The third kappa shape index (κ3) is 8.09. The van der Waals surface area contributed by atoms with E-state index in [2.05, 4.69) is 5.32 Å². The molecule has 1 N–H and O–H groups in total. The summed E-state index contributed by atoms with van der Waals surface area (Å²) >= 11 is 0. The first-order valence-corrected chi connectivity index (χ1v) is 13.7. The van der Waals surface area contributed by atoms with E-state index in [0.717, 1.165) is 32.8 Å². The van der Waals surface area contributed by atoms with Crippen LogP contribution in [0.3, 0.4) is 0 Å². The number of nitrogens with zero attached hydrogens (tertiary/aromatic N) is 2. The molecule has 0 saturated heterocycles. The molecule has 0 aliphatic heterocycles. The van der Waals surface area contributed by atoms with Crippen LogP contribution in [0.25, 0.3) is 0 Å². The van der Waals surface area contributed by atoms with Gasteiger partial charge in [0.15, 0.2) is 0 Å². The molecule has 0 aliphatic rings. The molecule has 0 unspecified atom stereocenters. The molecule has 0 aliphatic carbocycles. The molecule has 0 saturated carbocycles. The van der Waals surface area contributed by atoms with Gasteiger partial charge in [0.25, 0.3) is 0 Å². The highest BCUT2D eigenvalue weighted by molar-refractivity contribution is 7.92. The zero-order valence-corrected chi connectivity index (χ0v) is 23.0. The Bertz CT molecular complexity index is 1150. The molecule has 0 fully saturated rings. The normalized spacial score (nSPS) is 12.7.